The van der Waals surface area contributed by atoms with Crippen LogP contribution in [0.4, 0.5) is 0 Å². The first-order chi connectivity index (χ1) is 4.93. The molecule has 0 spiro atoms. The number of rotatable bonds is 4. The van der Waals surface area contributed by atoms with Crippen molar-refractivity contribution in [2.24, 2.45) is 0 Å². The van der Waals surface area contributed by atoms with Crippen molar-refractivity contribution in [3.63, 3.8) is 0 Å². The molecule has 0 aliphatic heterocycles. The Morgan fingerprint density at radius 3 is 1.09 bits per heavy atom. The fourth-order valence-corrected chi connectivity index (χ4v) is 3.21. The van der Waals surface area contributed by atoms with Crippen LogP contribution in [0.5, 0.6) is 0 Å². The average molecular weight is 180 g/mol. The molecule has 0 saturated carbocycles. The molecule has 0 bridgehead atoms. The monoisotopic (exact) mass is 180 g/mol. The summed E-state index contributed by atoms with van der Waals surface area (Å²) < 4.78 is 16.4. The third-order valence-electron chi connectivity index (χ3n) is 1.60. The van der Waals surface area contributed by atoms with Crippen LogP contribution >= 0.6 is 0 Å². The number of hydrogen-bond donors (Lipinski definition) is 0. The fraction of sp³-hybridized carbons (Fsp3) is 1.00. The third kappa shape index (κ3) is 2.00. The Hall–Kier alpha value is 0.0569. The molecular formula is C6H18NO3Si+. The lowest BCUT2D eigenvalue weighted by atomic mass is 11.0. The van der Waals surface area contributed by atoms with Gasteiger partial charge in [-0.25, -0.2) is 0 Å². The summed E-state index contributed by atoms with van der Waals surface area (Å²) in [4.78, 5) is 0. The molecule has 0 aromatic carbocycles. The summed E-state index contributed by atoms with van der Waals surface area (Å²) in [5, 5.41) is 0. The summed E-state index contributed by atoms with van der Waals surface area (Å²) in [5.74, 6) is 0. The molecule has 0 fully saturated rings. The van der Waals surface area contributed by atoms with Gasteiger partial charge in [0.25, 0.3) is 0 Å². The van der Waals surface area contributed by atoms with Gasteiger partial charge in [-0.2, -0.15) is 0 Å². The highest BCUT2D eigenvalue weighted by atomic mass is 28.4. The van der Waals surface area contributed by atoms with E-state index < -0.39 is 8.97 Å². The van der Waals surface area contributed by atoms with Crippen LogP contribution in [0.25, 0.3) is 0 Å². The van der Waals surface area contributed by atoms with E-state index in [1.807, 2.05) is 21.1 Å². The first kappa shape index (κ1) is 11.1. The molecule has 0 aromatic rings. The van der Waals surface area contributed by atoms with Crippen molar-refractivity contribution in [3.05, 3.63) is 0 Å². The van der Waals surface area contributed by atoms with Crippen molar-refractivity contribution in [2.75, 3.05) is 42.5 Å². The molecule has 0 N–H and O–H groups in total. The first-order valence-electron chi connectivity index (χ1n) is 3.40. The molecule has 0 aromatic heterocycles. The van der Waals surface area contributed by atoms with Crippen LogP contribution in [-0.2, 0) is 13.3 Å². The summed E-state index contributed by atoms with van der Waals surface area (Å²) in [6.45, 7) is 0. The van der Waals surface area contributed by atoms with Crippen molar-refractivity contribution in [1.29, 1.82) is 0 Å². The summed E-state index contributed by atoms with van der Waals surface area (Å²) >= 11 is 0. The van der Waals surface area contributed by atoms with Crippen molar-refractivity contribution >= 4 is 8.97 Å². The van der Waals surface area contributed by atoms with Gasteiger partial charge in [-0.15, -0.1) is 0 Å². The van der Waals surface area contributed by atoms with Crippen LogP contribution in [0.15, 0.2) is 0 Å². The molecule has 11 heavy (non-hydrogen) atoms. The predicted octanol–water partition coefficient (Wildman–Crippen LogP) is 0.0674. The van der Waals surface area contributed by atoms with Gasteiger partial charge in [-0.1, -0.05) is 0 Å². The van der Waals surface area contributed by atoms with Gasteiger partial charge in [0.05, 0.1) is 21.1 Å². The summed E-state index contributed by atoms with van der Waals surface area (Å²) in [5.41, 5.74) is 0. The highest BCUT2D eigenvalue weighted by Crippen LogP contribution is 2.14. The molecule has 0 atom stereocenters. The Kier molecular flexibility index (Phi) is 3.66. The van der Waals surface area contributed by atoms with Crippen molar-refractivity contribution in [2.45, 2.75) is 0 Å². The van der Waals surface area contributed by atoms with Gasteiger partial charge in [0.1, 0.15) is 0 Å². The largest absolute Gasteiger partial charge is 0.783 e. The molecule has 5 heteroatoms. The van der Waals surface area contributed by atoms with Crippen LogP contribution in [0.2, 0.25) is 0 Å². The summed E-state index contributed by atoms with van der Waals surface area (Å²) in [6.07, 6.45) is 0. The molecule has 4 nitrogen and oxygen atoms in total. The Balaban J connectivity index is 4.54. The van der Waals surface area contributed by atoms with Gasteiger partial charge < -0.3 is 17.4 Å². The van der Waals surface area contributed by atoms with E-state index in [9.17, 15) is 0 Å². The Morgan fingerprint density at radius 1 is 0.818 bits per heavy atom. The molecule has 0 aliphatic carbocycles. The fourth-order valence-electron chi connectivity index (χ4n) is 1.07. The van der Waals surface area contributed by atoms with Crippen molar-refractivity contribution in [3.8, 4) is 0 Å². The van der Waals surface area contributed by atoms with Gasteiger partial charge in [-0.05, 0) is 0 Å². The average Bonchev–Trinajstić information content (AvgIpc) is 1.90. The second kappa shape index (κ2) is 3.64. The van der Waals surface area contributed by atoms with E-state index >= 15 is 0 Å². The number of nitrogens with zero attached hydrogens (tertiary/aromatic N) is 1. The van der Waals surface area contributed by atoms with E-state index in [0.29, 0.717) is 4.15 Å². The Bertz CT molecular complexity index is 111. The van der Waals surface area contributed by atoms with E-state index in [1.165, 1.54) is 0 Å². The van der Waals surface area contributed by atoms with Crippen LogP contribution in [0.3, 0.4) is 0 Å². The molecule has 0 unspecified atom stereocenters. The Labute approximate surface area is 69.7 Å². The molecule has 0 heterocycles. The maximum Gasteiger partial charge on any atom is 0.783 e. The van der Waals surface area contributed by atoms with Crippen LogP contribution < -0.4 is 0 Å². The normalized spacial score (nSPS) is 13.6. The van der Waals surface area contributed by atoms with E-state index in [0.717, 1.165) is 0 Å². The van der Waals surface area contributed by atoms with Crippen molar-refractivity contribution in [1.82, 2.24) is 0 Å². The van der Waals surface area contributed by atoms with E-state index in [2.05, 4.69) is 0 Å². The quantitative estimate of drug-likeness (QED) is 0.573. The van der Waals surface area contributed by atoms with E-state index in [-0.39, 0.29) is 0 Å². The van der Waals surface area contributed by atoms with Gasteiger partial charge >= 0.3 is 8.97 Å². The molecule has 0 rings (SSSR count). The minimum absolute atomic E-state index is 0.566. The van der Waals surface area contributed by atoms with Gasteiger partial charge in [0.2, 0.25) is 0 Å². The van der Waals surface area contributed by atoms with E-state index in [4.69, 9.17) is 13.3 Å². The second-order valence-corrected chi connectivity index (χ2v) is 6.76. The second-order valence-electron chi connectivity index (χ2n) is 3.15. The topological polar surface area (TPSA) is 27.7 Å². The zero-order valence-corrected chi connectivity index (χ0v) is 9.17. The molecule has 0 radical (unpaired) electrons. The maximum atomic E-state index is 5.27. The first-order valence-corrected chi connectivity index (χ1v) is 5.07. The molecule has 68 valence electrons. The minimum Gasteiger partial charge on any atom is -0.328 e. The number of hydrogen-bond acceptors (Lipinski definition) is 3. The lowest BCUT2D eigenvalue weighted by Gasteiger charge is -2.35. The van der Waals surface area contributed by atoms with Crippen molar-refractivity contribution < 1.29 is 17.4 Å². The van der Waals surface area contributed by atoms with E-state index in [1.54, 1.807) is 21.3 Å². The standard InChI is InChI=1S/C6H18NO3Si/c1-7(2,3)11(8-4,9-5)10-6/h1-6H3/q+1. The lowest BCUT2D eigenvalue weighted by molar-refractivity contribution is -0.797. The molecule has 0 saturated heterocycles. The minimum atomic E-state index is -2.48. The number of quaternary nitrogens is 1. The maximum absolute atomic E-state index is 5.27. The zero-order valence-electron chi connectivity index (χ0n) is 8.17. The highest BCUT2D eigenvalue weighted by Gasteiger charge is 2.57. The molecule has 0 amide bonds. The third-order valence-corrected chi connectivity index (χ3v) is 4.79. The predicted molar refractivity (Wildman–Crippen MR) is 44.8 cm³/mol. The molecule has 0 aliphatic rings. The van der Waals surface area contributed by atoms with Crippen LogP contribution in [0, 0.1) is 0 Å². The zero-order chi connectivity index (χ0) is 9.12. The highest BCUT2D eigenvalue weighted by molar-refractivity contribution is 6.52. The van der Waals surface area contributed by atoms with Crippen LogP contribution in [-0.4, -0.2) is 55.6 Å². The van der Waals surface area contributed by atoms with Gasteiger partial charge in [0, 0.05) is 21.3 Å². The lowest BCUT2D eigenvalue weighted by Crippen LogP contribution is -2.66. The van der Waals surface area contributed by atoms with Gasteiger partial charge in [-0.3, -0.25) is 0 Å². The van der Waals surface area contributed by atoms with Gasteiger partial charge in [0.15, 0.2) is 0 Å². The summed E-state index contributed by atoms with van der Waals surface area (Å²) in [7, 11) is 8.33. The summed E-state index contributed by atoms with van der Waals surface area (Å²) in [6, 6.07) is 0. The molecular weight excluding hydrogens is 162 g/mol. The van der Waals surface area contributed by atoms with Crippen LogP contribution in [0.1, 0.15) is 0 Å². The SMILES string of the molecule is CO[Si](OC)(OC)[N+](C)(C)C. The Morgan fingerprint density at radius 2 is 1.09 bits per heavy atom. The smallest absolute Gasteiger partial charge is 0.328 e.